The smallest absolute Gasteiger partial charge is 0.319 e. The number of carbonyl (C=O) groups is 2. The van der Waals surface area contributed by atoms with Gasteiger partial charge in [-0.1, -0.05) is 6.92 Å². The van der Waals surface area contributed by atoms with E-state index in [1.54, 1.807) is 0 Å². The van der Waals surface area contributed by atoms with Crippen molar-refractivity contribution in [2.75, 3.05) is 33.3 Å². The predicted octanol–water partition coefficient (Wildman–Crippen LogP) is 1.72. The van der Waals surface area contributed by atoms with Crippen molar-refractivity contribution in [3.05, 3.63) is 0 Å². The lowest BCUT2D eigenvalue weighted by Gasteiger charge is -2.37. The summed E-state index contributed by atoms with van der Waals surface area (Å²) in [6.45, 7) is 5.33. The van der Waals surface area contributed by atoms with Crippen molar-refractivity contribution in [2.24, 2.45) is 11.8 Å². The summed E-state index contributed by atoms with van der Waals surface area (Å²) in [5.41, 5.74) is 0. The molecule has 0 aliphatic carbocycles. The number of carbonyl (C=O) groups excluding carboxylic acids is 2. The number of esters is 1. The highest BCUT2D eigenvalue weighted by molar-refractivity contribution is 5.76. The Morgan fingerprint density at radius 2 is 1.42 bits per heavy atom. The van der Waals surface area contributed by atoms with Crippen molar-refractivity contribution in [3.63, 3.8) is 0 Å². The Hall–Kier alpha value is -1.26. The summed E-state index contributed by atoms with van der Waals surface area (Å²) < 4.78 is 4.76. The molecule has 0 aromatic rings. The van der Waals surface area contributed by atoms with Crippen LogP contribution in [0.1, 0.15) is 32.6 Å². The zero-order valence-corrected chi connectivity index (χ0v) is 11.9. The highest BCUT2D eigenvalue weighted by Gasteiger charge is 2.30. The van der Waals surface area contributed by atoms with Gasteiger partial charge in [0.15, 0.2) is 0 Å². The summed E-state index contributed by atoms with van der Waals surface area (Å²) in [6.07, 6.45) is 3.65. The fraction of sp³-hybridized carbons (Fsp3) is 0.857. The van der Waals surface area contributed by atoms with E-state index in [0.29, 0.717) is 13.1 Å². The van der Waals surface area contributed by atoms with E-state index in [2.05, 4.69) is 6.92 Å². The maximum Gasteiger partial charge on any atom is 0.319 e. The summed E-state index contributed by atoms with van der Waals surface area (Å²) in [7, 11) is 1.43. The fourth-order valence-corrected chi connectivity index (χ4v) is 2.87. The van der Waals surface area contributed by atoms with E-state index < -0.39 is 0 Å². The molecule has 2 aliphatic heterocycles. The number of rotatable bonds is 1. The summed E-state index contributed by atoms with van der Waals surface area (Å²) >= 11 is 0. The Bertz CT molecular complexity index is 330. The van der Waals surface area contributed by atoms with Crippen LogP contribution in [0.2, 0.25) is 0 Å². The van der Waals surface area contributed by atoms with Gasteiger partial charge in [-0.3, -0.25) is 4.79 Å². The molecule has 2 heterocycles. The minimum absolute atomic E-state index is 0.0320. The topological polar surface area (TPSA) is 49.9 Å². The number of piperidine rings is 2. The van der Waals surface area contributed by atoms with Crippen LogP contribution < -0.4 is 0 Å². The standard InChI is InChI=1S/C14H24N2O3/c1-11-3-7-15(8-4-11)14(18)16-9-5-12(6-10-16)13(17)19-2/h11-12H,3-10H2,1-2H3. The second kappa shape index (κ2) is 6.26. The summed E-state index contributed by atoms with van der Waals surface area (Å²) in [5.74, 6) is 0.559. The average molecular weight is 268 g/mol. The van der Waals surface area contributed by atoms with E-state index in [0.717, 1.165) is 44.7 Å². The van der Waals surface area contributed by atoms with Gasteiger partial charge >= 0.3 is 12.0 Å². The van der Waals surface area contributed by atoms with Crippen LogP contribution in [-0.4, -0.2) is 55.1 Å². The molecule has 0 saturated carbocycles. The zero-order valence-electron chi connectivity index (χ0n) is 11.9. The molecule has 2 saturated heterocycles. The summed E-state index contributed by atoms with van der Waals surface area (Å²) in [5, 5.41) is 0. The lowest BCUT2D eigenvalue weighted by molar-refractivity contribution is -0.146. The van der Waals surface area contributed by atoms with E-state index in [9.17, 15) is 9.59 Å². The molecule has 5 nitrogen and oxygen atoms in total. The molecule has 0 spiro atoms. The fourth-order valence-electron chi connectivity index (χ4n) is 2.87. The number of methoxy groups -OCH3 is 1. The highest BCUT2D eigenvalue weighted by Crippen LogP contribution is 2.22. The molecule has 0 N–H and O–H groups in total. The molecule has 2 aliphatic rings. The molecule has 2 amide bonds. The third kappa shape index (κ3) is 3.39. The molecule has 0 unspecified atom stereocenters. The maximum absolute atomic E-state index is 12.3. The van der Waals surface area contributed by atoms with Gasteiger partial charge in [-0.25, -0.2) is 4.79 Å². The van der Waals surface area contributed by atoms with Crippen LogP contribution in [0.5, 0.6) is 0 Å². The Balaban J connectivity index is 1.81. The minimum atomic E-state index is -0.140. The first-order valence-electron chi connectivity index (χ1n) is 7.23. The third-order valence-corrected chi connectivity index (χ3v) is 4.35. The van der Waals surface area contributed by atoms with Gasteiger partial charge in [0.1, 0.15) is 0 Å². The van der Waals surface area contributed by atoms with Crippen molar-refractivity contribution in [3.8, 4) is 0 Å². The summed E-state index contributed by atoms with van der Waals surface area (Å²) in [4.78, 5) is 27.6. The van der Waals surface area contributed by atoms with Gasteiger partial charge in [-0.2, -0.15) is 0 Å². The number of amides is 2. The predicted molar refractivity (Wildman–Crippen MR) is 71.7 cm³/mol. The van der Waals surface area contributed by atoms with Crippen LogP contribution in [0.4, 0.5) is 4.79 Å². The van der Waals surface area contributed by atoms with Crippen molar-refractivity contribution in [1.82, 2.24) is 9.80 Å². The first kappa shape index (κ1) is 14.2. The van der Waals surface area contributed by atoms with E-state index in [4.69, 9.17) is 4.74 Å². The van der Waals surface area contributed by atoms with E-state index in [1.807, 2.05) is 9.80 Å². The van der Waals surface area contributed by atoms with Crippen LogP contribution in [-0.2, 0) is 9.53 Å². The number of hydrogen-bond acceptors (Lipinski definition) is 3. The number of hydrogen-bond donors (Lipinski definition) is 0. The van der Waals surface area contributed by atoms with Crippen LogP contribution in [0.15, 0.2) is 0 Å². The second-order valence-corrected chi connectivity index (χ2v) is 5.74. The highest BCUT2D eigenvalue weighted by atomic mass is 16.5. The van der Waals surface area contributed by atoms with Crippen LogP contribution in [0.3, 0.4) is 0 Å². The Morgan fingerprint density at radius 1 is 0.947 bits per heavy atom. The van der Waals surface area contributed by atoms with E-state index >= 15 is 0 Å². The first-order valence-corrected chi connectivity index (χ1v) is 7.23. The monoisotopic (exact) mass is 268 g/mol. The van der Waals surface area contributed by atoms with Gasteiger partial charge in [0.25, 0.3) is 0 Å². The largest absolute Gasteiger partial charge is 0.469 e. The minimum Gasteiger partial charge on any atom is -0.469 e. The van der Waals surface area contributed by atoms with E-state index in [1.165, 1.54) is 7.11 Å². The molecule has 5 heteroatoms. The van der Waals surface area contributed by atoms with Gasteiger partial charge in [0, 0.05) is 26.2 Å². The van der Waals surface area contributed by atoms with Gasteiger partial charge < -0.3 is 14.5 Å². The van der Waals surface area contributed by atoms with Gasteiger partial charge in [-0.15, -0.1) is 0 Å². The van der Waals surface area contributed by atoms with Crippen LogP contribution in [0.25, 0.3) is 0 Å². The third-order valence-electron chi connectivity index (χ3n) is 4.35. The number of likely N-dealkylation sites (tertiary alicyclic amines) is 2. The second-order valence-electron chi connectivity index (χ2n) is 5.74. The van der Waals surface area contributed by atoms with Crippen LogP contribution >= 0.6 is 0 Å². The molecule has 0 aromatic carbocycles. The average Bonchev–Trinajstić information content (AvgIpc) is 2.46. The normalized spacial score (nSPS) is 22.4. The SMILES string of the molecule is COC(=O)C1CCN(C(=O)N2CCC(C)CC2)CC1. The molecule has 0 radical (unpaired) electrons. The maximum atomic E-state index is 12.3. The Labute approximate surface area is 114 Å². The lowest BCUT2D eigenvalue weighted by atomic mass is 9.97. The van der Waals surface area contributed by atoms with Gasteiger partial charge in [-0.05, 0) is 31.6 Å². The Kier molecular flexibility index (Phi) is 4.66. The molecule has 0 aromatic heterocycles. The number of nitrogens with zero attached hydrogens (tertiary/aromatic N) is 2. The molecule has 2 fully saturated rings. The quantitative estimate of drug-likeness (QED) is 0.680. The molecular weight excluding hydrogens is 244 g/mol. The van der Waals surface area contributed by atoms with Crippen molar-refractivity contribution in [1.29, 1.82) is 0 Å². The molecule has 0 atom stereocenters. The molecule has 19 heavy (non-hydrogen) atoms. The molecule has 2 rings (SSSR count). The lowest BCUT2D eigenvalue weighted by Crippen LogP contribution is -2.49. The van der Waals surface area contributed by atoms with Crippen LogP contribution in [0, 0.1) is 11.8 Å². The molecule has 108 valence electrons. The summed E-state index contributed by atoms with van der Waals surface area (Å²) in [6, 6.07) is 0.148. The van der Waals surface area contributed by atoms with Crippen molar-refractivity contribution >= 4 is 12.0 Å². The van der Waals surface area contributed by atoms with Gasteiger partial charge in [0.05, 0.1) is 13.0 Å². The molecular formula is C14H24N2O3. The van der Waals surface area contributed by atoms with Crippen molar-refractivity contribution < 1.29 is 14.3 Å². The molecule has 0 bridgehead atoms. The van der Waals surface area contributed by atoms with Gasteiger partial charge in [0.2, 0.25) is 0 Å². The Morgan fingerprint density at radius 3 is 1.89 bits per heavy atom. The van der Waals surface area contributed by atoms with Crippen molar-refractivity contribution in [2.45, 2.75) is 32.6 Å². The number of urea groups is 1. The number of ether oxygens (including phenoxy) is 1. The zero-order chi connectivity index (χ0) is 13.8. The first-order chi connectivity index (χ1) is 9.11. The van der Waals surface area contributed by atoms with E-state index in [-0.39, 0.29) is 17.9 Å².